The fourth-order valence-electron chi connectivity index (χ4n) is 2.15. The second-order valence-electron chi connectivity index (χ2n) is 4.72. The van der Waals surface area contributed by atoms with E-state index in [1.54, 1.807) is 0 Å². The Hall–Kier alpha value is -0.490. The van der Waals surface area contributed by atoms with E-state index in [0.717, 1.165) is 12.1 Å². The molecule has 1 N–H and O–H groups in total. The minimum Gasteiger partial charge on any atom is -0.390 e. The van der Waals surface area contributed by atoms with Gasteiger partial charge in [0.2, 0.25) is 0 Å². The van der Waals surface area contributed by atoms with Gasteiger partial charge in [0, 0.05) is 24.0 Å². The number of ether oxygens (including phenoxy) is 1. The van der Waals surface area contributed by atoms with Gasteiger partial charge in [-0.05, 0) is 30.8 Å². The first-order valence-corrected chi connectivity index (χ1v) is 6.77. The summed E-state index contributed by atoms with van der Waals surface area (Å²) in [5.74, 6) is -0.298. The second-order valence-corrected chi connectivity index (χ2v) is 5.64. The zero-order valence-electron chi connectivity index (χ0n) is 10.3. The molecular formula is C13H17BrFNO2. The van der Waals surface area contributed by atoms with Crippen LogP contribution < -0.4 is 0 Å². The lowest BCUT2D eigenvalue weighted by Crippen LogP contribution is -2.46. The Morgan fingerprint density at radius 3 is 3.00 bits per heavy atom. The predicted octanol–water partition coefficient (Wildman–Crippen LogP) is 1.82. The number of aliphatic hydroxyl groups is 1. The van der Waals surface area contributed by atoms with Gasteiger partial charge in [0.15, 0.2) is 0 Å². The zero-order valence-corrected chi connectivity index (χ0v) is 11.9. The first-order chi connectivity index (χ1) is 8.54. The molecule has 18 heavy (non-hydrogen) atoms. The Labute approximate surface area is 115 Å². The quantitative estimate of drug-likeness (QED) is 0.923. The number of halogens is 2. The van der Waals surface area contributed by atoms with Crippen LogP contribution in [0, 0.1) is 5.82 Å². The number of hydrogen-bond acceptors (Lipinski definition) is 3. The minimum absolute atomic E-state index is 0.203. The highest BCUT2D eigenvalue weighted by molar-refractivity contribution is 9.10. The molecule has 100 valence electrons. The molecule has 3 nitrogen and oxygen atoms in total. The average Bonchev–Trinajstić information content (AvgIpc) is 2.27. The highest BCUT2D eigenvalue weighted by atomic mass is 79.9. The van der Waals surface area contributed by atoms with Crippen molar-refractivity contribution in [2.75, 3.05) is 26.7 Å². The van der Waals surface area contributed by atoms with Crippen LogP contribution in [0.2, 0.25) is 0 Å². The molecule has 5 heteroatoms. The Morgan fingerprint density at radius 1 is 1.56 bits per heavy atom. The van der Waals surface area contributed by atoms with E-state index >= 15 is 0 Å². The summed E-state index contributed by atoms with van der Waals surface area (Å²) in [5.41, 5.74) is 0.770. The first-order valence-electron chi connectivity index (χ1n) is 5.98. The number of hydrogen-bond donors (Lipinski definition) is 1. The van der Waals surface area contributed by atoms with Crippen LogP contribution >= 0.6 is 15.9 Å². The van der Waals surface area contributed by atoms with Crippen LogP contribution in [0.5, 0.6) is 0 Å². The van der Waals surface area contributed by atoms with Gasteiger partial charge in [-0.15, -0.1) is 0 Å². The zero-order chi connectivity index (χ0) is 13.1. The third kappa shape index (κ3) is 3.75. The van der Waals surface area contributed by atoms with Gasteiger partial charge >= 0.3 is 0 Å². The Morgan fingerprint density at radius 2 is 2.33 bits per heavy atom. The molecule has 0 aromatic heterocycles. The summed E-state index contributed by atoms with van der Waals surface area (Å²) in [5, 5.41) is 10.1. The third-order valence-electron chi connectivity index (χ3n) is 3.09. The Kier molecular flexibility index (Phi) is 4.72. The van der Waals surface area contributed by atoms with Crippen molar-refractivity contribution in [1.82, 2.24) is 4.90 Å². The molecule has 1 aliphatic heterocycles. The normalized spacial score (nSPS) is 23.0. The van der Waals surface area contributed by atoms with Crippen LogP contribution in [0.25, 0.3) is 0 Å². The fraction of sp³-hybridized carbons (Fsp3) is 0.538. The molecule has 0 aliphatic carbocycles. The highest BCUT2D eigenvalue weighted by Crippen LogP contribution is 2.18. The van der Waals surface area contributed by atoms with Gasteiger partial charge < -0.3 is 14.7 Å². The van der Waals surface area contributed by atoms with Gasteiger partial charge in [-0.2, -0.15) is 0 Å². The van der Waals surface area contributed by atoms with Crippen LogP contribution in [-0.2, 0) is 11.2 Å². The maximum absolute atomic E-state index is 13.2. The second kappa shape index (κ2) is 6.10. The highest BCUT2D eigenvalue weighted by Gasteiger charge is 2.25. The molecule has 0 bridgehead atoms. The lowest BCUT2D eigenvalue weighted by molar-refractivity contribution is -0.0823. The van der Waals surface area contributed by atoms with Crippen molar-refractivity contribution in [3.63, 3.8) is 0 Å². The van der Waals surface area contributed by atoms with E-state index in [1.807, 2.05) is 13.1 Å². The number of morpholine rings is 1. The van der Waals surface area contributed by atoms with Gasteiger partial charge in [0.1, 0.15) is 5.82 Å². The number of rotatable bonds is 3. The van der Waals surface area contributed by atoms with Crippen molar-refractivity contribution in [2.24, 2.45) is 0 Å². The molecule has 1 aliphatic rings. The van der Waals surface area contributed by atoms with E-state index in [1.165, 1.54) is 12.1 Å². The summed E-state index contributed by atoms with van der Waals surface area (Å²) in [6.07, 6.45) is -0.415. The first kappa shape index (κ1) is 13.9. The molecule has 1 aromatic rings. The summed E-state index contributed by atoms with van der Waals surface area (Å²) < 4.78 is 19.5. The molecule has 2 rings (SSSR count). The van der Waals surface area contributed by atoms with Crippen molar-refractivity contribution >= 4 is 15.9 Å². The van der Waals surface area contributed by atoms with E-state index in [9.17, 15) is 9.50 Å². The number of nitrogens with zero attached hydrogens (tertiary/aromatic N) is 1. The summed E-state index contributed by atoms with van der Waals surface area (Å²) in [4.78, 5) is 2.12. The topological polar surface area (TPSA) is 32.7 Å². The van der Waals surface area contributed by atoms with E-state index in [-0.39, 0.29) is 11.9 Å². The monoisotopic (exact) mass is 317 g/mol. The van der Waals surface area contributed by atoms with Crippen LogP contribution in [0.3, 0.4) is 0 Å². The minimum atomic E-state index is -0.610. The number of aliphatic hydroxyl groups excluding tert-OH is 1. The number of benzene rings is 1. The van der Waals surface area contributed by atoms with Crippen molar-refractivity contribution < 1.29 is 14.2 Å². The lowest BCUT2D eigenvalue weighted by atomic mass is 10.0. The standard InChI is InChI=1S/C13H17BrFNO2/c1-16-2-3-18-13(8-16)12(17)6-9-4-10(14)7-11(15)5-9/h4-5,7,12-13,17H,2-3,6,8H2,1H3. The molecule has 1 aromatic carbocycles. The molecule has 1 fully saturated rings. The smallest absolute Gasteiger partial charge is 0.124 e. The van der Waals surface area contributed by atoms with Crippen molar-refractivity contribution in [2.45, 2.75) is 18.6 Å². The number of likely N-dealkylation sites (N-methyl/N-ethyl adjacent to an activating group) is 1. The predicted molar refractivity (Wildman–Crippen MR) is 71.0 cm³/mol. The van der Waals surface area contributed by atoms with Crippen LogP contribution in [0.15, 0.2) is 22.7 Å². The summed E-state index contributed by atoms with van der Waals surface area (Å²) in [6, 6.07) is 4.67. The summed E-state index contributed by atoms with van der Waals surface area (Å²) in [7, 11) is 2.00. The van der Waals surface area contributed by atoms with Crippen molar-refractivity contribution in [3.8, 4) is 0 Å². The lowest BCUT2D eigenvalue weighted by Gasteiger charge is -2.33. The van der Waals surface area contributed by atoms with Crippen molar-refractivity contribution in [3.05, 3.63) is 34.1 Å². The molecule has 1 saturated heterocycles. The maximum atomic E-state index is 13.2. The largest absolute Gasteiger partial charge is 0.390 e. The molecule has 0 saturated carbocycles. The summed E-state index contributed by atoms with van der Waals surface area (Å²) >= 11 is 3.25. The fourth-order valence-corrected chi connectivity index (χ4v) is 2.66. The Balaban J connectivity index is 1.99. The average molecular weight is 318 g/mol. The van der Waals surface area contributed by atoms with E-state index in [2.05, 4.69) is 20.8 Å². The van der Waals surface area contributed by atoms with Gasteiger partial charge in [-0.25, -0.2) is 4.39 Å². The molecule has 2 unspecified atom stereocenters. The third-order valence-corrected chi connectivity index (χ3v) is 3.55. The maximum Gasteiger partial charge on any atom is 0.124 e. The molecule has 1 heterocycles. The molecular weight excluding hydrogens is 301 g/mol. The van der Waals surface area contributed by atoms with E-state index in [0.29, 0.717) is 24.0 Å². The van der Waals surface area contributed by atoms with E-state index in [4.69, 9.17) is 4.74 Å². The van der Waals surface area contributed by atoms with E-state index < -0.39 is 6.10 Å². The van der Waals surface area contributed by atoms with Gasteiger partial charge in [-0.1, -0.05) is 15.9 Å². The SMILES string of the molecule is CN1CCOC(C(O)Cc2cc(F)cc(Br)c2)C1. The van der Waals surface area contributed by atoms with Crippen LogP contribution in [-0.4, -0.2) is 49.0 Å². The summed E-state index contributed by atoms with van der Waals surface area (Å²) in [6.45, 7) is 2.22. The van der Waals surface area contributed by atoms with Crippen LogP contribution in [0.4, 0.5) is 4.39 Å². The molecule has 0 radical (unpaired) electrons. The van der Waals surface area contributed by atoms with Gasteiger partial charge in [0.05, 0.1) is 18.8 Å². The van der Waals surface area contributed by atoms with Gasteiger partial charge in [0.25, 0.3) is 0 Å². The Bertz CT molecular complexity index is 396. The van der Waals surface area contributed by atoms with Gasteiger partial charge in [-0.3, -0.25) is 0 Å². The van der Waals surface area contributed by atoms with Crippen molar-refractivity contribution in [1.29, 1.82) is 0 Å². The molecule has 0 spiro atoms. The molecule has 2 atom stereocenters. The van der Waals surface area contributed by atoms with Crippen LogP contribution in [0.1, 0.15) is 5.56 Å². The molecule has 0 amide bonds.